The normalized spacial score (nSPS) is 10.2. The predicted octanol–water partition coefficient (Wildman–Crippen LogP) is 2.90. The summed E-state index contributed by atoms with van der Waals surface area (Å²) in [6, 6.07) is 8.80. The molecule has 0 aliphatic rings. The van der Waals surface area contributed by atoms with Gasteiger partial charge in [0.25, 0.3) is 0 Å². The first kappa shape index (κ1) is 13.9. The highest BCUT2D eigenvalue weighted by Gasteiger charge is 2.15. The van der Waals surface area contributed by atoms with Crippen molar-refractivity contribution in [2.75, 3.05) is 12.4 Å². The van der Waals surface area contributed by atoms with E-state index < -0.39 is 5.63 Å². The third kappa shape index (κ3) is 2.88. The number of ketones is 1. The monoisotopic (exact) mass is 273 g/mol. The van der Waals surface area contributed by atoms with E-state index in [0.717, 1.165) is 11.4 Å². The molecule has 5 heteroatoms. The summed E-state index contributed by atoms with van der Waals surface area (Å²) in [5, 5.41) is 3.05. The number of carbonyl (C=O) groups is 1. The minimum absolute atomic E-state index is 0.0198. The highest BCUT2D eigenvalue weighted by molar-refractivity contribution is 5.99. The zero-order valence-electron chi connectivity index (χ0n) is 11.5. The fraction of sp³-hybridized carbons (Fsp3) is 0.200. The Hall–Kier alpha value is -2.56. The molecule has 1 heterocycles. The van der Waals surface area contributed by atoms with E-state index in [1.807, 2.05) is 0 Å². The molecule has 0 unspecified atom stereocenters. The number of benzene rings is 1. The number of hydrogen-bond acceptors (Lipinski definition) is 5. The molecule has 0 radical (unpaired) electrons. The van der Waals surface area contributed by atoms with Gasteiger partial charge in [0.15, 0.2) is 5.78 Å². The minimum Gasteiger partial charge on any atom is -0.497 e. The Morgan fingerprint density at radius 2 is 1.90 bits per heavy atom. The van der Waals surface area contributed by atoms with E-state index in [1.165, 1.54) is 6.92 Å². The lowest BCUT2D eigenvalue weighted by molar-refractivity contribution is 0.101. The van der Waals surface area contributed by atoms with Crippen molar-refractivity contribution in [1.29, 1.82) is 0 Å². The molecule has 2 aromatic rings. The highest BCUT2D eigenvalue weighted by Crippen LogP contribution is 2.22. The average Bonchev–Trinajstić information content (AvgIpc) is 2.38. The lowest BCUT2D eigenvalue weighted by atomic mass is 10.1. The van der Waals surface area contributed by atoms with Crippen LogP contribution in [0.2, 0.25) is 0 Å². The van der Waals surface area contributed by atoms with Crippen LogP contribution in [0.15, 0.2) is 39.5 Å². The third-order valence-corrected chi connectivity index (χ3v) is 2.80. The molecular weight excluding hydrogens is 258 g/mol. The van der Waals surface area contributed by atoms with Crippen LogP contribution in [0.3, 0.4) is 0 Å². The van der Waals surface area contributed by atoms with E-state index in [-0.39, 0.29) is 11.3 Å². The van der Waals surface area contributed by atoms with E-state index in [0.29, 0.717) is 11.4 Å². The minimum atomic E-state index is -0.631. The number of ether oxygens (including phenoxy) is 1. The first-order chi connectivity index (χ1) is 9.51. The molecule has 0 atom stereocenters. The number of methoxy groups -OCH3 is 1. The molecule has 1 aromatic carbocycles. The van der Waals surface area contributed by atoms with Crippen LogP contribution in [0.4, 0.5) is 11.4 Å². The molecule has 5 nitrogen and oxygen atoms in total. The quantitative estimate of drug-likeness (QED) is 0.867. The largest absolute Gasteiger partial charge is 0.497 e. The van der Waals surface area contributed by atoms with Crippen molar-refractivity contribution in [1.82, 2.24) is 0 Å². The van der Waals surface area contributed by atoms with Crippen molar-refractivity contribution in [2.24, 2.45) is 0 Å². The molecule has 20 heavy (non-hydrogen) atoms. The van der Waals surface area contributed by atoms with Crippen LogP contribution in [0.25, 0.3) is 0 Å². The summed E-state index contributed by atoms with van der Waals surface area (Å²) >= 11 is 0. The van der Waals surface area contributed by atoms with Crippen LogP contribution in [0, 0.1) is 6.92 Å². The van der Waals surface area contributed by atoms with Crippen molar-refractivity contribution in [2.45, 2.75) is 13.8 Å². The van der Waals surface area contributed by atoms with E-state index in [4.69, 9.17) is 9.15 Å². The number of aryl methyl sites for hydroxylation is 1. The number of anilines is 2. The third-order valence-electron chi connectivity index (χ3n) is 2.80. The molecule has 0 aliphatic heterocycles. The Kier molecular flexibility index (Phi) is 3.89. The van der Waals surface area contributed by atoms with Gasteiger partial charge in [-0.2, -0.15) is 0 Å². The van der Waals surface area contributed by atoms with E-state index in [1.54, 1.807) is 44.4 Å². The topological polar surface area (TPSA) is 68.5 Å². The molecule has 0 amide bonds. The Morgan fingerprint density at radius 3 is 2.45 bits per heavy atom. The fourth-order valence-corrected chi connectivity index (χ4v) is 1.87. The summed E-state index contributed by atoms with van der Waals surface area (Å²) in [5.41, 5.74) is 0.578. The number of hydrogen-bond donors (Lipinski definition) is 1. The maximum Gasteiger partial charge on any atom is 0.348 e. The molecule has 1 N–H and O–H groups in total. The average molecular weight is 273 g/mol. The number of nitrogens with one attached hydrogen (secondary N) is 1. The smallest absolute Gasteiger partial charge is 0.348 e. The lowest BCUT2D eigenvalue weighted by Gasteiger charge is -2.10. The van der Waals surface area contributed by atoms with Gasteiger partial charge in [-0.3, -0.25) is 4.79 Å². The number of carbonyl (C=O) groups excluding carboxylic acids is 1. The molecular formula is C15H15NO4. The Labute approximate surface area is 116 Å². The molecule has 104 valence electrons. The van der Waals surface area contributed by atoms with Gasteiger partial charge >= 0.3 is 5.63 Å². The van der Waals surface area contributed by atoms with Gasteiger partial charge in [0.2, 0.25) is 0 Å². The molecule has 0 aliphatic carbocycles. The molecule has 0 saturated heterocycles. The van der Waals surface area contributed by atoms with Gasteiger partial charge in [0.05, 0.1) is 12.8 Å². The maximum atomic E-state index is 11.7. The van der Waals surface area contributed by atoms with Crippen molar-refractivity contribution in [3.05, 3.63) is 52.1 Å². The Bertz CT molecular complexity index is 686. The van der Waals surface area contributed by atoms with Crippen LogP contribution >= 0.6 is 0 Å². The SMILES string of the molecule is COc1ccc(Nc2cc(C)oc(=O)c2C(C)=O)cc1. The Morgan fingerprint density at radius 1 is 1.25 bits per heavy atom. The molecule has 0 saturated carbocycles. The van der Waals surface area contributed by atoms with Gasteiger partial charge in [-0.15, -0.1) is 0 Å². The van der Waals surface area contributed by atoms with E-state index in [9.17, 15) is 9.59 Å². The zero-order valence-corrected chi connectivity index (χ0v) is 11.5. The van der Waals surface area contributed by atoms with Crippen molar-refractivity contribution in [3.8, 4) is 5.75 Å². The Balaban J connectivity index is 2.41. The highest BCUT2D eigenvalue weighted by atomic mass is 16.5. The second-order valence-corrected chi connectivity index (χ2v) is 4.34. The first-order valence-corrected chi connectivity index (χ1v) is 6.08. The summed E-state index contributed by atoms with van der Waals surface area (Å²) in [6.07, 6.45) is 0. The van der Waals surface area contributed by atoms with Gasteiger partial charge in [0.1, 0.15) is 17.1 Å². The van der Waals surface area contributed by atoms with Crippen LogP contribution in [-0.2, 0) is 0 Å². The predicted molar refractivity (Wildman–Crippen MR) is 76.0 cm³/mol. The van der Waals surface area contributed by atoms with Crippen LogP contribution in [0.1, 0.15) is 23.0 Å². The van der Waals surface area contributed by atoms with Crippen LogP contribution in [-0.4, -0.2) is 12.9 Å². The van der Waals surface area contributed by atoms with Crippen LogP contribution in [0.5, 0.6) is 5.75 Å². The van der Waals surface area contributed by atoms with Crippen LogP contribution < -0.4 is 15.7 Å². The molecule has 0 bridgehead atoms. The first-order valence-electron chi connectivity index (χ1n) is 6.08. The van der Waals surface area contributed by atoms with Crippen molar-refractivity contribution >= 4 is 17.2 Å². The standard InChI is InChI=1S/C15H15NO4/c1-9-8-13(14(10(2)17)15(18)20-9)16-11-4-6-12(19-3)7-5-11/h4-8,16H,1-3H3. The van der Waals surface area contributed by atoms with Gasteiger partial charge in [0, 0.05) is 11.8 Å². The number of Topliss-reactive ketones (excluding diaryl/α,β-unsaturated/α-hetero) is 1. The van der Waals surface area contributed by atoms with Gasteiger partial charge in [-0.25, -0.2) is 4.79 Å². The lowest BCUT2D eigenvalue weighted by Crippen LogP contribution is -2.15. The van der Waals surface area contributed by atoms with E-state index >= 15 is 0 Å². The van der Waals surface area contributed by atoms with Crippen molar-refractivity contribution in [3.63, 3.8) is 0 Å². The summed E-state index contributed by atoms with van der Waals surface area (Å²) in [7, 11) is 1.59. The van der Waals surface area contributed by atoms with Crippen molar-refractivity contribution < 1.29 is 13.9 Å². The van der Waals surface area contributed by atoms with Gasteiger partial charge in [-0.1, -0.05) is 0 Å². The molecule has 0 spiro atoms. The second-order valence-electron chi connectivity index (χ2n) is 4.34. The fourth-order valence-electron chi connectivity index (χ4n) is 1.87. The van der Waals surface area contributed by atoms with Gasteiger partial charge in [-0.05, 0) is 38.1 Å². The summed E-state index contributed by atoms with van der Waals surface area (Å²) in [4.78, 5) is 23.3. The molecule has 0 fully saturated rings. The van der Waals surface area contributed by atoms with Gasteiger partial charge < -0.3 is 14.5 Å². The maximum absolute atomic E-state index is 11.7. The summed E-state index contributed by atoms with van der Waals surface area (Å²) in [5.74, 6) is 0.830. The summed E-state index contributed by atoms with van der Waals surface area (Å²) < 4.78 is 10.0. The molecule has 1 aromatic heterocycles. The zero-order chi connectivity index (χ0) is 14.7. The van der Waals surface area contributed by atoms with E-state index in [2.05, 4.69) is 5.32 Å². The molecule has 2 rings (SSSR count). The number of rotatable bonds is 4. The second kappa shape index (κ2) is 5.61. The summed E-state index contributed by atoms with van der Waals surface area (Å²) in [6.45, 7) is 2.99.